The summed E-state index contributed by atoms with van der Waals surface area (Å²) >= 11 is 0. The van der Waals surface area contributed by atoms with Crippen LogP contribution in [0.15, 0.2) is 18.2 Å². The molecule has 1 aromatic carbocycles. The Hall–Kier alpha value is -1.42. The molecule has 0 aliphatic rings. The van der Waals surface area contributed by atoms with Crippen LogP contribution >= 0.6 is 0 Å². The van der Waals surface area contributed by atoms with Gasteiger partial charge in [0.1, 0.15) is 5.82 Å². The lowest BCUT2D eigenvalue weighted by molar-refractivity contribution is -0.142. The van der Waals surface area contributed by atoms with Gasteiger partial charge in [-0.1, -0.05) is 12.1 Å². The topological polar surface area (TPSA) is 46.5 Å². The van der Waals surface area contributed by atoms with Crippen LogP contribution in [-0.2, 0) is 9.53 Å². The number of aryl methyl sites for hydroxylation is 1. The molecule has 0 saturated carbocycles. The summed E-state index contributed by atoms with van der Waals surface area (Å²) in [6.45, 7) is 1.60. The van der Waals surface area contributed by atoms with Crippen LogP contribution in [0.1, 0.15) is 23.7 Å². The van der Waals surface area contributed by atoms with Crippen LogP contribution in [0.5, 0.6) is 0 Å². The summed E-state index contributed by atoms with van der Waals surface area (Å²) in [4.78, 5) is 10.9. The third kappa shape index (κ3) is 3.02. The first-order chi connectivity index (χ1) is 7.04. The first kappa shape index (κ1) is 11.7. The number of aliphatic hydroxyl groups is 1. The molecule has 0 spiro atoms. The summed E-state index contributed by atoms with van der Waals surface area (Å²) in [6.07, 6.45) is -1.07. The van der Waals surface area contributed by atoms with Crippen LogP contribution in [0.4, 0.5) is 4.39 Å². The van der Waals surface area contributed by atoms with Gasteiger partial charge in [-0.05, 0) is 24.1 Å². The molecule has 1 rings (SSSR count). The number of carbonyl (C=O) groups is 1. The standard InChI is InChI=1S/C11H13FO3/c1-7-5-8(3-4-9(7)12)10(13)6-11(14)15-2/h3-5,10,13H,6H2,1-2H3/t10-/m0/s1. The first-order valence-electron chi connectivity index (χ1n) is 4.55. The van der Waals surface area contributed by atoms with E-state index in [-0.39, 0.29) is 12.2 Å². The van der Waals surface area contributed by atoms with Gasteiger partial charge >= 0.3 is 5.97 Å². The Labute approximate surface area is 87.5 Å². The van der Waals surface area contributed by atoms with E-state index in [2.05, 4.69) is 4.74 Å². The number of carbonyl (C=O) groups excluding carboxylic acids is 1. The van der Waals surface area contributed by atoms with Crippen molar-refractivity contribution in [2.75, 3.05) is 7.11 Å². The Kier molecular flexibility index (Phi) is 3.80. The number of hydrogen-bond acceptors (Lipinski definition) is 3. The maximum absolute atomic E-state index is 12.9. The highest BCUT2D eigenvalue weighted by Crippen LogP contribution is 2.19. The lowest BCUT2D eigenvalue weighted by Crippen LogP contribution is -2.08. The molecule has 0 saturated heterocycles. The van der Waals surface area contributed by atoms with Gasteiger partial charge in [0.05, 0.1) is 19.6 Å². The van der Waals surface area contributed by atoms with Crippen molar-refractivity contribution < 1.29 is 19.0 Å². The molecule has 1 atom stereocenters. The highest BCUT2D eigenvalue weighted by atomic mass is 19.1. The molecular formula is C11H13FO3. The minimum absolute atomic E-state index is 0.123. The van der Waals surface area contributed by atoms with Gasteiger partial charge in [-0.3, -0.25) is 4.79 Å². The second-order valence-corrected chi connectivity index (χ2v) is 3.30. The molecule has 1 N–H and O–H groups in total. The van der Waals surface area contributed by atoms with Crippen molar-refractivity contribution in [1.82, 2.24) is 0 Å². The molecule has 0 unspecified atom stereocenters. The largest absolute Gasteiger partial charge is 0.469 e. The highest BCUT2D eigenvalue weighted by Gasteiger charge is 2.13. The van der Waals surface area contributed by atoms with E-state index in [1.807, 2.05) is 0 Å². The molecular weight excluding hydrogens is 199 g/mol. The average Bonchev–Trinajstić information content (AvgIpc) is 2.21. The number of ether oxygens (including phenoxy) is 1. The van der Waals surface area contributed by atoms with Crippen LogP contribution < -0.4 is 0 Å². The predicted octanol–water partition coefficient (Wildman–Crippen LogP) is 1.73. The smallest absolute Gasteiger partial charge is 0.308 e. The summed E-state index contributed by atoms with van der Waals surface area (Å²) in [5.74, 6) is -0.825. The van der Waals surface area contributed by atoms with E-state index in [4.69, 9.17) is 0 Å². The molecule has 82 valence electrons. The van der Waals surface area contributed by atoms with Crippen molar-refractivity contribution in [2.45, 2.75) is 19.4 Å². The quantitative estimate of drug-likeness (QED) is 0.776. The van der Waals surface area contributed by atoms with Gasteiger partial charge in [0.2, 0.25) is 0 Å². The fourth-order valence-corrected chi connectivity index (χ4v) is 1.23. The lowest BCUT2D eigenvalue weighted by atomic mass is 10.0. The van der Waals surface area contributed by atoms with E-state index < -0.39 is 12.1 Å². The van der Waals surface area contributed by atoms with Gasteiger partial charge < -0.3 is 9.84 Å². The molecule has 0 aliphatic carbocycles. The molecule has 0 radical (unpaired) electrons. The van der Waals surface area contributed by atoms with E-state index in [1.165, 1.54) is 25.3 Å². The molecule has 0 amide bonds. The molecule has 1 aromatic rings. The van der Waals surface area contributed by atoms with Gasteiger partial charge in [0.15, 0.2) is 0 Å². The maximum Gasteiger partial charge on any atom is 0.308 e. The molecule has 0 fully saturated rings. The number of methoxy groups -OCH3 is 1. The summed E-state index contributed by atoms with van der Waals surface area (Å²) in [5.41, 5.74) is 0.954. The number of esters is 1. The predicted molar refractivity (Wildman–Crippen MR) is 52.7 cm³/mol. The van der Waals surface area contributed by atoms with Crippen LogP contribution in [0.2, 0.25) is 0 Å². The summed E-state index contributed by atoms with van der Waals surface area (Å²) in [6, 6.07) is 4.24. The summed E-state index contributed by atoms with van der Waals surface area (Å²) < 4.78 is 17.3. The zero-order valence-electron chi connectivity index (χ0n) is 8.66. The van der Waals surface area contributed by atoms with Crippen molar-refractivity contribution in [3.05, 3.63) is 35.1 Å². The number of aliphatic hydroxyl groups excluding tert-OH is 1. The van der Waals surface area contributed by atoms with Crippen LogP contribution in [0.25, 0.3) is 0 Å². The fraction of sp³-hybridized carbons (Fsp3) is 0.364. The zero-order chi connectivity index (χ0) is 11.4. The van der Waals surface area contributed by atoms with Gasteiger partial charge in [-0.2, -0.15) is 0 Å². The Morgan fingerprint density at radius 1 is 1.60 bits per heavy atom. The zero-order valence-corrected chi connectivity index (χ0v) is 8.66. The molecule has 15 heavy (non-hydrogen) atoms. The number of halogens is 1. The molecule has 0 aliphatic heterocycles. The van der Waals surface area contributed by atoms with Crippen LogP contribution in [0, 0.1) is 12.7 Å². The Bertz CT molecular complexity index is 363. The normalized spacial score (nSPS) is 12.3. The third-order valence-electron chi connectivity index (χ3n) is 2.15. The van der Waals surface area contributed by atoms with E-state index in [0.29, 0.717) is 11.1 Å². The Morgan fingerprint density at radius 2 is 2.27 bits per heavy atom. The van der Waals surface area contributed by atoms with Crippen LogP contribution in [0.3, 0.4) is 0 Å². The van der Waals surface area contributed by atoms with Gasteiger partial charge in [0, 0.05) is 0 Å². The Balaban J connectivity index is 2.78. The number of hydrogen-bond donors (Lipinski definition) is 1. The second kappa shape index (κ2) is 4.89. The SMILES string of the molecule is COC(=O)C[C@H](O)c1ccc(F)c(C)c1. The highest BCUT2D eigenvalue weighted by molar-refractivity contribution is 5.70. The Morgan fingerprint density at radius 3 is 2.80 bits per heavy atom. The van der Waals surface area contributed by atoms with Crippen molar-refractivity contribution in [3.8, 4) is 0 Å². The molecule has 0 bridgehead atoms. The van der Waals surface area contributed by atoms with E-state index >= 15 is 0 Å². The van der Waals surface area contributed by atoms with Crippen molar-refractivity contribution in [3.63, 3.8) is 0 Å². The second-order valence-electron chi connectivity index (χ2n) is 3.30. The van der Waals surface area contributed by atoms with Crippen molar-refractivity contribution in [1.29, 1.82) is 0 Å². The minimum atomic E-state index is -0.947. The van der Waals surface area contributed by atoms with Crippen LogP contribution in [-0.4, -0.2) is 18.2 Å². The lowest BCUT2D eigenvalue weighted by Gasteiger charge is -2.10. The minimum Gasteiger partial charge on any atom is -0.469 e. The summed E-state index contributed by atoms with van der Waals surface area (Å²) in [7, 11) is 1.25. The number of benzene rings is 1. The van der Waals surface area contributed by atoms with Crippen molar-refractivity contribution in [2.24, 2.45) is 0 Å². The average molecular weight is 212 g/mol. The first-order valence-corrected chi connectivity index (χ1v) is 4.55. The molecule has 0 heterocycles. The molecule has 3 nitrogen and oxygen atoms in total. The van der Waals surface area contributed by atoms with Gasteiger partial charge in [-0.25, -0.2) is 4.39 Å². The van der Waals surface area contributed by atoms with E-state index in [9.17, 15) is 14.3 Å². The van der Waals surface area contributed by atoms with Crippen molar-refractivity contribution >= 4 is 5.97 Å². The van der Waals surface area contributed by atoms with E-state index in [1.54, 1.807) is 6.92 Å². The number of rotatable bonds is 3. The monoisotopic (exact) mass is 212 g/mol. The summed E-state index contributed by atoms with van der Waals surface area (Å²) in [5, 5.41) is 9.61. The fourth-order valence-electron chi connectivity index (χ4n) is 1.23. The van der Waals surface area contributed by atoms with Gasteiger partial charge in [-0.15, -0.1) is 0 Å². The third-order valence-corrected chi connectivity index (χ3v) is 2.15. The maximum atomic E-state index is 12.9. The molecule has 4 heteroatoms. The molecule has 0 aromatic heterocycles. The van der Waals surface area contributed by atoms with E-state index in [0.717, 1.165) is 0 Å². The van der Waals surface area contributed by atoms with Gasteiger partial charge in [0.25, 0.3) is 0 Å².